The first-order valence-electron chi connectivity index (χ1n) is 5.39. The summed E-state index contributed by atoms with van der Waals surface area (Å²) in [7, 11) is 1.86. The Kier molecular flexibility index (Phi) is 3.64. The van der Waals surface area contributed by atoms with Gasteiger partial charge in [0.05, 0.1) is 22.0 Å². The number of ketones is 1. The third kappa shape index (κ3) is 2.58. The van der Waals surface area contributed by atoms with Crippen LogP contribution in [-0.2, 0) is 19.9 Å². The van der Waals surface area contributed by atoms with Gasteiger partial charge in [0.1, 0.15) is 0 Å². The van der Waals surface area contributed by atoms with Crippen LogP contribution in [0.25, 0.3) is 0 Å². The Hall–Kier alpha value is -1.13. The highest BCUT2D eigenvalue weighted by molar-refractivity contribution is 7.12. The first-order valence-corrected chi connectivity index (χ1v) is 6.65. The van der Waals surface area contributed by atoms with Crippen molar-refractivity contribution in [2.75, 3.05) is 0 Å². The van der Waals surface area contributed by atoms with E-state index in [9.17, 15) is 4.79 Å². The van der Waals surface area contributed by atoms with E-state index in [-0.39, 0.29) is 5.78 Å². The molecule has 0 radical (unpaired) electrons. The summed E-state index contributed by atoms with van der Waals surface area (Å²) in [5.41, 5.74) is 1.93. The second-order valence-corrected chi connectivity index (χ2v) is 5.13. The van der Waals surface area contributed by atoms with Gasteiger partial charge in [-0.3, -0.25) is 9.48 Å². The summed E-state index contributed by atoms with van der Waals surface area (Å²) in [6, 6.07) is 3.72. The number of Topliss-reactive ketones (excluding diaryl/α,β-unsaturated/α-hetero) is 1. The number of hydrogen-bond acceptors (Lipinski definition) is 3. The predicted molar refractivity (Wildman–Crippen MR) is 69.9 cm³/mol. The van der Waals surface area contributed by atoms with Crippen molar-refractivity contribution in [1.29, 1.82) is 0 Å². The van der Waals surface area contributed by atoms with E-state index in [1.165, 1.54) is 11.3 Å². The van der Waals surface area contributed by atoms with E-state index in [0.717, 1.165) is 17.8 Å². The number of aryl methyl sites for hydroxylation is 2. The Morgan fingerprint density at radius 2 is 2.35 bits per heavy atom. The number of aromatic nitrogens is 2. The van der Waals surface area contributed by atoms with Gasteiger partial charge in [-0.2, -0.15) is 5.10 Å². The Balaban J connectivity index is 2.18. The van der Waals surface area contributed by atoms with Gasteiger partial charge in [0.2, 0.25) is 0 Å². The molecule has 0 spiro atoms. The fraction of sp³-hybridized carbons (Fsp3) is 0.333. The predicted octanol–water partition coefficient (Wildman–Crippen LogP) is 3.12. The Labute approximate surface area is 109 Å². The molecule has 0 aliphatic carbocycles. The van der Waals surface area contributed by atoms with E-state index in [1.807, 2.05) is 25.4 Å². The number of rotatable bonds is 4. The fourth-order valence-electron chi connectivity index (χ4n) is 1.65. The minimum Gasteiger partial charge on any atom is -0.293 e. The molecule has 90 valence electrons. The van der Waals surface area contributed by atoms with E-state index in [2.05, 4.69) is 5.10 Å². The third-order valence-corrected chi connectivity index (χ3v) is 3.98. The van der Waals surface area contributed by atoms with Crippen LogP contribution in [0.2, 0.25) is 5.02 Å². The summed E-state index contributed by atoms with van der Waals surface area (Å²) in [6.45, 7) is 2.05. The maximum Gasteiger partial charge on any atom is 0.180 e. The molecule has 17 heavy (non-hydrogen) atoms. The maximum absolute atomic E-state index is 12.0. The van der Waals surface area contributed by atoms with Gasteiger partial charge in [-0.15, -0.1) is 11.3 Å². The first kappa shape index (κ1) is 12.3. The van der Waals surface area contributed by atoms with E-state index in [0.29, 0.717) is 16.3 Å². The lowest BCUT2D eigenvalue weighted by Gasteiger charge is -2.00. The van der Waals surface area contributed by atoms with Gasteiger partial charge in [-0.25, -0.2) is 0 Å². The van der Waals surface area contributed by atoms with Crippen molar-refractivity contribution in [1.82, 2.24) is 9.78 Å². The molecule has 0 fully saturated rings. The van der Waals surface area contributed by atoms with Crippen molar-refractivity contribution < 1.29 is 4.79 Å². The summed E-state index contributed by atoms with van der Waals surface area (Å²) >= 11 is 7.32. The summed E-state index contributed by atoms with van der Waals surface area (Å²) < 4.78 is 1.76. The highest BCUT2D eigenvalue weighted by Crippen LogP contribution is 2.23. The summed E-state index contributed by atoms with van der Waals surface area (Å²) in [4.78, 5) is 12.7. The SMILES string of the molecule is CCc1cc(CC(=O)c2sccc2Cl)n(C)n1. The molecule has 0 bridgehead atoms. The zero-order valence-corrected chi connectivity index (χ0v) is 11.3. The third-order valence-electron chi connectivity index (χ3n) is 2.60. The Morgan fingerprint density at radius 1 is 1.59 bits per heavy atom. The average Bonchev–Trinajstić information content (AvgIpc) is 2.86. The van der Waals surface area contributed by atoms with Crippen LogP contribution in [0.1, 0.15) is 28.0 Å². The zero-order valence-electron chi connectivity index (χ0n) is 9.74. The quantitative estimate of drug-likeness (QED) is 0.799. The van der Waals surface area contributed by atoms with Gasteiger partial charge in [0, 0.05) is 12.7 Å². The summed E-state index contributed by atoms with van der Waals surface area (Å²) in [6.07, 6.45) is 1.23. The monoisotopic (exact) mass is 268 g/mol. The lowest BCUT2D eigenvalue weighted by atomic mass is 10.2. The molecular formula is C12H13ClN2OS. The molecule has 0 N–H and O–H groups in total. The van der Waals surface area contributed by atoms with Crippen LogP contribution in [-0.4, -0.2) is 15.6 Å². The highest BCUT2D eigenvalue weighted by Gasteiger charge is 2.15. The molecule has 0 amide bonds. The van der Waals surface area contributed by atoms with Crippen LogP contribution in [0.5, 0.6) is 0 Å². The largest absolute Gasteiger partial charge is 0.293 e. The van der Waals surface area contributed by atoms with Crippen LogP contribution in [0.4, 0.5) is 0 Å². The topological polar surface area (TPSA) is 34.9 Å². The fourth-order valence-corrected chi connectivity index (χ4v) is 2.75. The van der Waals surface area contributed by atoms with Gasteiger partial charge in [-0.1, -0.05) is 18.5 Å². The van der Waals surface area contributed by atoms with Crippen LogP contribution >= 0.6 is 22.9 Å². The smallest absolute Gasteiger partial charge is 0.180 e. The number of hydrogen-bond donors (Lipinski definition) is 0. The Bertz CT molecular complexity index is 544. The standard InChI is InChI=1S/C12H13ClN2OS/c1-3-8-6-9(15(2)14-8)7-11(16)12-10(13)4-5-17-12/h4-6H,3,7H2,1-2H3. The minimum absolute atomic E-state index is 0.0515. The second-order valence-electron chi connectivity index (χ2n) is 3.80. The zero-order chi connectivity index (χ0) is 12.4. The van der Waals surface area contributed by atoms with Gasteiger partial charge in [0.15, 0.2) is 5.78 Å². The highest BCUT2D eigenvalue weighted by atomic mass is 35.5. The van der Waals surface area contributed by atoms with Crippen LogP contribution < -0.4 is 0 Å². The molecule has 0 saturated heterocycles. The maximum atomic E-state index is 12.0. The lowest BCUT2D eigenvalue weighted by Crippen LogP contribution is -2.06. The summed E-state index contributed by atoms with van der Waals surface area (Å²) in [5, 5.41) is 6.69. The molecule has 2 aromatic heterocycles. The van der Waals surface area contributed by atoms with E-state index < -0.39 is 0 Å². The van der Waals surface area contributed by atoms with Crippen molar-refractivity contribution >= 4 is 28.7 Å². The molecule has 5 heteroatoms. The summed E-state index contributed by atoms with van der Waals surface area (Å²) in [5.74, 6) is 0.0515. The lowest BCUT2D eigenvalue weighted by molar-refractivity contribution is 0.0995. The van der Waals surface area contributed by atoms with Crippen molar-refractivity contribution in [3.05, 3.63) is 38.8 Å². The van der Waals surface area contributed by atoms with E-state index >= 15 is 0 Å². The minimum atomic E-state index is 0.0515. The van der Waals surface area contributed by atoms with Crippen LogP contribution in [0.15, 0.2) is 17.5 Å². The van der Waals surface area contributed by atoms with Crippen LogP contribution in [0.3, 0.4) is 0 Å². The van der Waals surface area contributed by atoms with E-state index in [1.54, 1.807) is 10.7 Å². The molecule has 0 aromatic carbocycles. The number of carbonyl (C=O) groups excluding carboxylic acids is 1. The van der Waals surface area contributed by atoms with Crippen molar-refractivity contribution in [2.24, 2.45) is 7.05 Å². The molecule has 2 heterocycles. The van der Waals surface area contributed by atoms with Gasteiger partial charge >= 0.3 is 0 Å². The molecule has 0 aliphatic rings. The molecule has 0 aliphatic heterocycles. The van der Waals surface area contributed by atoms with Gasteiger partial charge in [0.25, 0.3) is 0 Å². The van der Waals surface area contributed by atoms with Gasteiger partial charge in [-0.05, 0) is 23.9 Å². The first-order chi connectivity index (χ1) is 8.11. The molecule has 0 atom stereocenters. The van der Waals surface area contributed by atoms with Crippen molar-refractivity contribution in [3.63, 3.8) is 0 Å². The molecule has 3 nitrogen and oxygen atoms in total. The number of carbonyl (C=O) groups is 1. The van der Waals surface area contributed by atoms with Gasteiger partial charge < -0.3 is 0 Å². The number of nitrogens with zero attached hydrogens (tertiary/aromatic N) is 2. The number of thiophene rings is 1. The van der Waals surface area contributed by atoms with Crippen molar-refractivity contribution in [3.8, 4) is 0 Å². The average molecular weight is 269 g/mol. The normalized spacial score (nSPS) is 10.8. The molecule has 0 unspecified atom stereocenters. The van der Waals surface area contributed by atoms with E-state index in [4.69, 9.17) is 11.6 Å². The second kappa shape index (κ2) is 5.02. The molecule has 2 rings (SSSR count). The molecule has 0 saturated carbocycles. The Morgan fingerprint density at radius 3 is 2.88 bits per heavy atom. The van der Waals surface area contributed by atoms with Crippen LogP contribution in [0, 0.1) is 0 Å². The number of halogens is 1. The molecule has 2 aromatic rings. The van der Waals surface area contributed by atoms with Crippen molar-refractivity contribution in [2.45, 2.75) is 19.8 Å². The molecular weight excluding hydrogens is 256 g/mol.